The smallest absolute Gasteiger partial charge is 0.0420 e. The molecule has 0 aromatic heterocycles. The summed E-state index contributed by atoms with van der Waals surface area (Å²) in [5.74, 6) is 0.765. The van der Waals surface area contributed by atoms with E-state index in [0.29, 0.717) is 6.04 Å². The first-order chi connectivity index (χ1) is 4.83. The molecule has 60 valence electrons. The van der Waals surface area contributed by atoms with E-state index in [-0.39, 0.29) is 0 Å². The summed E-state index contributed by atoms with van der Waals surface area (Å²) in [5.41, 5.74) is 0. The van der Waals surface area contributed by atoms with Gasteiger partial charge in [0.1, 0.15) is 0 Å². The molecule has 0 aromatic rings. The minimum absolute atomic E-state index is 0.366. The quantitative estimate of drug-likeness (QED) is 0.537. The summed E-state index contributed by atoms with van der Waals surface area (Å²) >= 11 is 0. The Kier molecular flexibility index (Phi) is 5.22. The summed E-state index contributed by atoms with van der Waals surface area (Å²) in [5, 5.41) is 10.1. The summed E-state index contributed by atoms with van der Waals surface area (Å²) < 4.78 is 0. The maximum atomic E-state index is 6.90. The lowest BCUT2D eigenvalue weighted by Crippen LogP contribution is -2.21. The molecule has 0 aliphatic carbocycles. The maximum Gasteiger partial charge on any atom is 0.0420 e. The van der Waals surface area contributed by atoms with Gasteiger partial charge in [-0.3, -0.25) is 0 Å². The van der Waals surface area contributed by atoms with Crippen LogP contribution in [0.5, 0.6) is 0 Å². The number of rotatable bonds is 1. The van der Waals surface area contributed by atoms with Crippen molar-refractivity contribution < 1.29 is 0 Å². The molecule has 2 atom stereocenters. The predicted octanol–water partition coefficient (Wildman–Crippen LogP) is 1.66. The van der Waals surface area contributed by atoms with Gasteiger partial charge >= 0.3 is 0 Å². The molecule has 2 heteroatoms. The molecule has 1 saturated heterocycles. The van der Waals surface area contributed by atoms with Crippen molar-refractivity contribution in [1.29, 1.82) is 5.41 Å². The van der Waals surface area contributed by atoms with E-state index in [0.717, 1.165) is 18.9 Å². The molecule has 1 heterocycles. The molecule has 0 spiro atoms. The Morgan fingerprint density at radius 3 is 2.30 bits per heavy atom. The summed E-state index contributed by atoms with van der Waals surface area (Å²) in [6.45, 7) is 7.29. The normalized spacial score (nSPS) is 30.7. The molecule has 0 aromatic carbocycles. The molecule has 2 nitrogen and oxygen atoms in total. The fourth-order valence-corrected chi connectivity index (χ4v) is 1.08. The molecular formula is C8H18N2. The van der Waals surface area contributed by atoms with Crippen molar-refractivity contribution in [2.45, 2.75) is 33.2 Å². The average Bonchev–Trinajstić information content (AvgIpc) is 2.40. The van der Waals surface area contributed by atoms with Crippen LogP contribution in [0.2, 0.25) is 0 Å². The first-order valence-corrected chi connectivity index (χ1v) is 4.07. The monoisotopic (exact) mass is 142 g/mol. The van der Waals surface area contributed by atoms with E-state index in [9.17, 15) is 0 Å². The number of hydrogen-bond donors (Lipinski definition) is 2. The van der Waals surface area contributed by atoms with Crippen LogP contribution in [0.4, 0.5) is 0 Å². The van der Waals surface area contributed by atoms with Gasteiger partial charge in [0, 0.05) is 12.3 Å². The van der Waals surface area contributed by atoms with Crippen LogP contribution in [0, 0.1) is 11.3 Å². The second-order valence-corrected chi connectivity index (χ2v) is 2.52. The van der Waals surface area contributed by atoms with E-state index in [4.69, 9.17) is 5.41 Å². The topological polar surface area (TPSA) is 35.9 Å². The second kappa shape index (κ2) is 5.42. The first-order valence-electron chi connectivity index (χ1n) is 4.07. The molecule has 1 fully saturated rings. The molecule has 2 N–H and O–H groups in total. The highest BCUT2D eigenvalue weighted by atomic mass is 14.9. The third-order valence-corrected chi connectivity index (χ3v) is 1.59. The van der Waals surface area contributed by atoms with Crippen molar-refractivity contribution >= 4 is 6.21 Å². The van der Waals surface area contributed by atoms with Gasteiger partial charge < -0.3 is 10.7 Å². The SMILES string of the molecule is CC.CC1CNC(C=N)C1. The summed E-state index contributed by atoms with van der Waals surface area (Å²) in [6.07, 6.45) is 2.63. The number of nitrogens with one attached hydrogen (secondary N) is 2. The third kappa shape index (κ3) is 2.97. The summed E-state index contributed by atoms with van der Waals surface area (Å²) in [6, 6.07) is 0.366. The van der Waals surface area contributed by atoms with Crippen molar-refractivity contribution in [3.8, 4) is 0 Å². The Balaban J connectivity index is 0.000000371. The van der Waals surface area contributed by atoms with Crippen LogP contribution in [-0.4, -0.2) is 18.8 Å². The third-order valence-electron chi connectivity index (χ3n) is 1.59. The zero-order chi connectivity index (χ0) is 7.98. The highest BCUT2D eigenvalue weighted by Crippen LogP contribution is 2.09. The lowest BCUT2D eigenvalue weighted by Gasteiger charge is -1.97. The molecule has 1 aliphatic heterocycles. The average molecular weight is 142 g/mol. The van der Waals surface area contributed by atoms with Crippen LogP contribution >= 0.6 is 0 Å². The van der Waals surface area contributed by atoms with Gasteiger partial charge in [-0.15, -0.1) is 0 Å². The first kappa shape index (κ1) is 9.63. The van der Waals surface area contributed by atoms with E-state index in [2.05, 4.69) is 12.2 Å². The van der Waals surface area contributed by atoms with Gasteiger partial charge in [0.25, 0.3) is 0 Å². The van der Waals surface area contributed by atoms with Gasteiger partial charge in [-0.2, -0.15) is 0 Å². The molecule has 0 amide bonds. The van der Waals surface area contributed by atoms with Gasteiger partial charge in [0.15, 0.2) is 0 Å². The zero-order valence-electron chi connectivity index (χ0n) is 7.15. The van der Waals surface area contributed by atoms with Crippen molar-refractivity contribution in [2.75, 3.05) is 6.54 Å². The molecule has 2 unspecified atom stereocenters. The van der Waals surface area contributed by atoms with Gasteiger partial charge in [-0.25, -0.2) is 0 Å². The fourth-order valence-electron chi connectivity index (χ4n) is 1.08. The molecule has 10 heavy (non-hydrogen) atoms. The molecule has 0 bridgehead atoms. The Labute approximate surface area is 63.5 Å². The highest BCUT2D eigenvalue weighted by molar-refractivity contribution is 5.61. The minimum atomic E-state index is 0.366. The Morgan fingerprint density at radius 1 is 1.50 bits per heavy atom. The van der Waals surface area contributed by atoms with E-state index in [1.807, 2.05) is 13.8 Å². The highest BCUT2D eigenvalue weighted by Gasteiger charge is 2.17. The molecule has 1 rings (SSSR count). The number of hydrogen-bond acceptors (Lipinski definition) is 2. The lowest BCUT2D eigenvalue weighted by molar-refractivity contribution is 0.646. The fraction of sp³-hybridized carbons (Fsp3) is 0.875. The van der Waals surface area contributed by atoms with Crippen molar-refractivity contribution in [2.24, 2.45) is 5.92 Å². The van der Waals surface area contributed by atoms with E-state index in [1.54, 1.807) is 0 Å². The standard InChI is InChI=1S/C6H12N2.C2H6/c1-5-2-6(3-7)8-4-5;1-2/h3,5-8H,2,4H2,1H3;1-2H3. The molecule has 0 radical (unpaired) electrons. The van der Waals surface area contributed by atoms with E-state index < -0.39 is 0 Å². The van der Waals surface area contributed by atoms with Crippen LogP contribution in [0.3, 0.4) is 0 Å². The van der Waals surface area contributed by atoms with Crippen molar-refractivity contribution in [3.05, 3.63) is 0 Å². The van der Waals surface area contributed by atoms with Crippen molar-refractivity contribution in [1.82, 2.24) is 5.32 Å². The summed E-state index contributed by atoms with van der Waals surface area (Å²) in [7, 11) is 0. The zero-order valence-corrected chi connectivity index (χ0v) is 7.15. The predicted molar refractivity (Wildman–Crippen MR) is 45.7 cm³/mol. The lowest BCUT2D eigenvalue weighted by atomic mass is 10.1. The Morgan fingerprint density at radius 2 is 2.10 bits per heavy atom. The van der Waals surface area contributed by atoms with Crippen LogP contribution in [0.15, 0.2) is 0 Å². The molecular weight excluding hydrogens is 124 g/mol. The van der Waals surface area contributed by atoms with Gasteiger partial charge in [0.05, 0.1) is 0 Å². The van der Waals surface area contributed by atoms with Crippen LogP contribution in [-0.2, 0) is 0 Å². The minimum Gasteiger partial charge on any atom is -0.311 e. The van der Waals surface area contributed by atoms with Gasteiger partial charge in [-0.1, -0.05) is 20.8 Å². The maximum absolute atomic E-state index is 6.90. The van der Waals surface area contributed by atoms with Gasteiger partial charge in [0.2, 0.25) is 0 Å². The molecule has 0 saturated carbocycles. The Hall–Kier alpha value is -0.370. The van der Waals surface area contributed by atoms with Gasteiger partial charge in [-0.05, 0) is 18.9 Å². The molecule has 1 aliphatic rings. The Bertz CT molecular complexity index is 91.3. The summed E-state index contributed by atoms with van der Waals surface area (Å²) in [4.78, 5) is 0. The van der Waals surface area contributed by atoms with Crippen LogP contribution in [0.1, 0.15) is 27.2 Å². The van der Waals surface area contributed by atoms with Crippen LogP contribution < -0.4 is 5.32 Å². The van der Waals surface area contributed by atoms with Crippen LogP contribution in [0.25, 0.3) is 0 Å². The van der Waals surface area contributed by atoms with E-state index in [1.165, 1.54) is 6.21 Å². The second-order valence-electron chi connectivity index (χ2n) is 2.52. The van der Waals surface area contributed by atoms with E-state index >= 15 is 0 Å². The largest absolute Gasteiger partial charge is 0.311 e. The van der Waals surface area contributed by atoms with Crippen molar-refractivity contribution in [3.63, 3.8) is 0 Å².